The molecule has 3 rings (SSSR count). The van der Waals surface area contributed by atoms with E-state index in [-0.39, 0.29) is 11.8 Å². The highest BCUT2D eigenvalue weighted by Gasteiger charge is 2.45. The van der Waals surface area contributed by atoms with Gasteiger partial charge in [-0.15, -0.1) is 0 Å². The molecule has 1 aromatic heterocycles. The van der Waals surface area contributed by atoms with Crippen LogP contribution in [0.15, 0.2) is 48.8 Å². The summed E-state index contributed by atoms with van der Waals surface area (Å²) in [4.78, 5) is 30.5. The van der Waals surface area contributed by atoms with Gasteiger partial charge in [-0.05, 0) is 60.1 Å². The molecule has 0 bridgehead atoms. The molecule has 1 saturated carbocycles. The number of amides is 1. The number of hydrogen-bond acceptors (Lipinski definition) is 7. The van der Waals surface area contributed by atoms with Crippen molar-refractivity contribution in [1.29, 1.82) is 5.26 Å². The van der Waals surface area contributed by atoms with Gasteiger partial charge in [-0.2, -0.15) is 5.26 Å². The molecular weight excluding hydrogens is 428 g/mol. The number of pyridine rings is 1. The van der Waals surface area contributed by atoms with Crippen molar-refractivity contribution in [3.05, 3.63) is 65.6 Å². The fourth-order valence-electron chi connectivity index (χ4n) is 3.98. The molecule has 1 atom stereocenters. The SMILES string of the molecule is CN/C=C(\CN)c1cccc(CNC(=O)c2cc(N(C)CCC(C#N)(C=O)C3CC3)ccn2)c1. The molecule has 1 heterocycles. The molecule has 8 nitrogen and oxygen atoms in total. The van der Waals surface area contributed by atoms with E-state index in [4.69, 9.17) is 5.73 Å². The molecule has 2 aromatic rings. The van der Waals surface area contributed by atoms with Gasteiger partial charge in [0.1, 0.15) is 17.4 Å². The molecule has 34 heavy (non-hydrogen) atoms. The summed E-state index contributed by atoms with van der Waals surface area (Å²) in [6.07, 6.45) is 6.58. The van der Waals surface area contributed by atoms with Crippen LogP contribution in [0.25, 0.3) is 5.57 Å². The van der Waals surface area contributed by atoms with Crippen molar-refractivity contribution in [2.24, 2.45) is 17.1 Å². The van der Waals surface area contributed by atoms with E-state index in [1.54, 1.807) is 12.3 Å². The monoisotopic (exact) mass is 460 g/mol. The van der Waals surface area contributed by atoms with Gasteiger partial charge in [-0.1, -0.05) is 18.2 Å². The number of hydrogen-bond donors (Lipinski definition) is 3. The summed E-state index contributed by atoms with van der Waals surface area (Å²) < 4.78 is 0. The summed E-state index contributed by atoms with van der Waals surface area (Å²) in [5.41, 5.74) is 8.96. The molecular formula is C26H32N6O2. The summed E-state index contributed by atoms with van der Waals surface area (Å²) >= 11 is 0. The molecule has 178 valence electrons. The van der Waals surface area contributed by atoms with Gasteiger partial charge in [-0.25, -0.2) is 0 Å². The van der Waals surface area contributed by atoms with Crippen molar-refractivity contribution < 1.29 is 9.59 Å². The van der Waals surface area contributed by atoms with Gasteiger partial charge < -0.3 is 26.1 Å². The Kier molecular flexibility index (Phi) is 8.39. The summed E-state index contributed by atoms with van der Waals surface area (Å²) in [6, 6.07) is 13.6. The van der Waals surface area contributed by atoms with Crippen molar-refractivity contribution in [3.63, 3.8) is 0 Å². The smallest absolute Gasteiger partial charge is 0.270 e. The number of nitrogens with zero attached hydrogens (tertiary/aromatic N) is 3. The van der Waals surface area contributed by atoms with Gasteiger partial charge in [0.05, 0.1) is 6.07 Å². The summed E-state index contributed by atoms with van der Waals surface area (Å²) in [5, 5.41) is 15.5. The Hall–Kier alpha value is -3.70. The number of nitrogens with two attached hydrogens (primary N) is 1. The van der Waals surface area contributed by atoms with Gasteiger partial charge >= 0.3 is 0 Å². The number of benzene rings is 1. The number of aldehydes is 1. The van der Waals surface area contributed by atoms with Crippen LogP contribution in [0.1, 0.15) is 40.9 Å². The third-order valence-electron chi connectivity index (χ3n) is 6.29. The second-order valence-electron chi connectivity index (χ2n) is 8.66. The summed E-state index contributed by atoms with van der Waals surface area (Å²) in [5.74, 6) is -0.113. The van der Waals surface area contributed by atoms with Crippen LogP contribution in [0.4, 0.5) is 5.69 Å². The average Bonchev–Trinajstić information content (AvgIpc) is 3.73. The minimum atomic E-state index is -0.915. The standard InChI is InChI=1S/C26H32N6O2/c1-29-16-21(14-27)20-5-3-4-19(12-20)15-31-25(34)24-13-23(8-10-30-24)32(2)11-9-26(17-28,18-33)22-6-7-22/h3-5,8,10,12-13,16,18,22,29H,6-7,9,11,14-15,27H2,1-2H3,(H,31,34)/b21-16+. The molecule has 1 fully saturated rings. The minimum Gasteiger partial charge on any atom is -0.394 e. The zero-order chi connectivity index (χ0) is 24.6. The molecule has 0 spiro atoms. The lowest BCUT2D eigenvalue weighted by Gasteiger charge is -2.25. The van der Waals surface area contributed by atoms with Gasteiger partial charge in [0.25, 0.3) is 5.91 Å². The molecule has 1 aliphatic carbocycles. The maximum Gasteiger partial charge on any atom is 0.270 e. The number of rotatable bonds is 12. The van der Waals surface area contributed by atoms with E-state index in [9.17, 15) is 14.9 Å². The Bertz CT molecular complexity index is 1090. The summed E-state index contributed by atoms with van der Waals surface area (Å²) in [7, 11) is 3.71. The Balaban J connectivity index is 1.62. The van der Waals surface area contributed by atoms with E-state index in [2.05, 4.69) is 21.7 Å². The molecule has 1 amide bonds. The van der Waals surface area contributed by atoms with Crippen LogP contribution in [-0.2, 0) is 11.3 Å². The maximum atomic E-state index is 12.8. The van der Waals surface area contributed by atoms with Crippen molar-refractivity contribution in [2.75, 3.05) is 32.1 Å². The Morgan fingerprint density at radius 1 is 1.35 bits per heavy atom. The minimum absolute atomic E-state index is 0.162. The van der Waals surface area contributed by atoms with Crippen LogP contribution < -0.4 is 21.3 Å². The number of nitriles is 1. The predicted octanol–water partition coefficient (Wildman–Crippen LogP) is 2.48. The molecule has 0 aliphatic heterocycles. The Morgan fingerprint density at radius 3 is 2.79 bits per heavy atom. The zero-order valence-electron chi connectivity index (χ0n) is 19.8. The summed E-state index contributed by atoms with van der Waals surface area (Å²) in [6.45, 7) is 1.30. The average molecular weight is 461 g/mol. The third-order valence-corrected chi connectivity index (χ3v) is 6.29. The fourth-order valence-corrected chi connectivity index (χ4v) is 3.98. The highest BCUT2D eigenvalue weighted by molar-refractivity contribution is 5.93. The highest BCUT2D eigenvalue weighted by atomic mass is 16.1. The Morgan fingerprint density at radius 2 is 2.15 bits per heavy atom. The highest BCUT2D eigenvalue weighted by Crippen LogP contribution is 2.46. The van der Waals surface area contributed by atoms with Crippen molar-refractivity contribution >= 4 is 23.5 Å². The lowest BCUT2D eigenvalue weighted by molar-refractivity contribution is -0.114. The maximum absolute atomic E-state index is 12.8. The van der Waals surface area contributed by atoms with E-state index in [1.807, 2.05) is 55.5 Å². The Labute approximate surface area is 200 Å². The number of anilines is 1. The molecule has 0 saturated heterocycles. The first-order valence-electron chi connectivity index (χ1n) is 11.4. The van der Waals surface area contributed by atoms with Crippen LogP contribution in [-0.4, -0.2) is 44.4 Å². The van der Waals surface area contributed by atoms with E-state index < -0.39 is 5.41 Å². The number of carbonyl (C=O) groups excluding carboxylic acids is 2. The van der Waals surface area contributed by atoms with Crippen LogP contribution in [0.2, 0.25) is 0 Å². The number of carbonyl (C=O) groups is 2. The van der Waals surface area contributed by atoms with E-state index in [0.717, 1.165) is 41.5 Å². The second kappa shape index (κ2) is 11.4. The van der Waals surface area contributed by atoms with E-state index in [0.29, 0.717) is 31.7 Å². The first-order valence-corrected chi connectivity index (χ1v) is 11.4. The normalized spacial score (nSPS) is 15.1. The molecule has 0 radical (unpaired) electrons. The lowest BCUT2D eigenvalue weighted by Crippen LogP contribution is -2.30. The van der Waals surface area contributed by atoms with Crippen LogP contribution in [0.5, 0.6) is 0 Å². The third kappa shape index (κ3) is 6.00. The first kappa shape index (κ1) is 24.9. The molecule has 4 N–H and O–H groups in total. The molecule has 1 aliphatic rings. The number of aromatic nitrogens is 1. The van der Waals surface area contributed by atoms with Gasteiger partial charge in [0.2, 0.25) is 0 Å². The van der Waals surface area contributed by atoms with Crippen LogP contribution >= 0.6 is 0 Å². The fraction of sp³-hybridized carbons (Fsp3) is 0.385. The predicted molar refractivity (Wildman–Crippen MR) is 133 cm³/mol. The van der Waals surface area contributed by atoms with Gasteiger partial charge in [0.15, 0.2) is 0 Å². The number of nitrogens with one attached hydrogen (secondary N) is 2. The molecule has 1 aromatic carbocycles. The molecule has 1 unspecified atom stereocenters. The van der Waals surface area contributed by atoms with Gasteiger partial charge in [-0.3, -0.25) is 9.78 Å². The van der Waals surface area contributed by atoms with Crippen molar-refractivity contribution in [3.8, 4) is 6.07 Å². The van der Waals surface area contributed by atoms with Gasteiger partial charge in [0, 0.05) is 51.8 Å². The lowest BCUT2D eigenvalue weighted by atomic mass is 9.82. The van der Waals surface area contributed by atoms with E-state index in [1.165, 1.54) is 0 Å². The second-order valence-corrected chi connectivity index (χ2v) is 8.66. The van der Waals surface area contributed by atoms with Crippen LogP contribution in [0.3, 0.4) is 0 Å². The topological polar surface area (TPSA) is 124 Å². The van der Waals surface area contributed by atoms with E-state index >= 15 is 0 Å². The van der Waals surface area contributed by atoms with Crippen LogP contribution in [0, 0.1) is 22.7 Å². The molecule has 8 heteroatoms. The largest absolute Gasteiger partial charge is 0.394 e. The zero-order valence-corrected chi connectivity index (χ0v) is 19.8. The first-order chi connectivity index (χ1) is 16.5. The quantitative estimate of drug-likeness (QED) is 0.416. The van der Waals surface area contributed by atoms with Crippen molar-refractivity contribution in [1.82, 2.24) is 15.6 Å². The van der Waals surface area contributed by atoms with Crippen molar-refractivity contribution in [2.45, 2.75) is 25.8 Å².